The Morgan fingerprint density at radius 2 is 2.38 bits per heavy atom. The number of hydrogen-bond donors (Lipinski definition) is 2. The molecule has 0 heterocycles. The van der Waals surface area contributed by atoms with Crippen molar-refractivity contribution in [3.05, 3.63) is 0 Å². The predicted octanol–water partition coefficient (Wildman–Crippen LogP) is 0.124. The van der Waals surface area contributed by atoms with E-state index in [-0.39, 0.29) is 0 Å². The van der Waals surface area contributed by atoms with E-state index in [0.717, 1.165) is 13.0 Å². The lowest BCUT2D eigenvalue weighted by atomic mass is 10.5. The molecule has 0 radical (unpaired) electrons. The molecule has 0 aromatic rings. The van der Waals surface area contributed by atoms with Crippen LogP contribution in [0, 0.1) is 12.5 Å². The number of rotatable bonds is 4. The van der Waals surface area contributed by atoms with Gasteiger partial charge in [-0.15, -0.1) is 0 Å². The molecule has 0 spiro atoms. The van der Waals surface area contributed by atoms with Crippen molar-refractivity contribution in [2.24, 2.45) is 0 Å². The highest BCUT2D eigenvalue weighted by atomic mass is 15.0. The lowest BCUT2D eigenvalue weighted by Crippen LogP contribution is -2.25. The summed E-state index contributed by atoms with van der Waals surface area (Å²) < 4.78 is 0. The summed E-state index contributed by atoms with van der Waals surface area (Å²) in [5.74, 6) is 0. The average Bonchev–Trinajstić information content (AvgIpc) is 1.81. The topological polar surface area (TPSA) is 24.1 Å². The molecule has 0 rings (SSSR count). The summed E-state index contributed by atoms with van der Waals surface area (Å²) >= 11 is 0. The van der Waals surface area contributed by atoms with Crippen molar-refractivity contribution in [3.8, 4) is 12.5 Å². The van der Waals surface area contributed by atoms with Crippen LogP contribution in [0.25, 0.3) is 0 Å². The van der Waals surface area contributed by atoms with Crippen LogP contribution >= 0.6 is 0 Å². The highest BCUT2D eigenvalue weighted by Crippen LogP contribution is 1.65. The fourth-order valence-corrected chi connectivity index (χ4v) is 0.379. The van der Waals surface area contributed by atoms with Crippen molar-refractivity contribution in [2.45, 2.75) is 13.3 Å². The van der Waals surface area contributed by atoms with Gasteiger partial charge in [0.25, 0.3) is 0 Å². The Morgan fingerprint density at radius 3 is 2.88 bits per heavy atom. The molecule has 0 atom stereocenters. The van der Waals surface area contributed by atoms with Crippen molar-refractivity contribution in [1.82, 2.24) is 10.6 Å². The van der Waals surface area contributed by atoms with E-state index < -0.39 is 0 Å². The molecule has 0 saturated carbocycles. The van der Waals surface area contributed by atoms with Gasteiger partial charge >= 0.3 is 0 Å². The van der Waals surface area contributed by atoms with E-state index in [0.29, 0.717) is 6.67 Å². The summed E-state index contributed by atoms with van der Waals surface area (Å²) in [6, 6.07) is 2.31. The van der Waals surface area contributed by atoms with Gasteiger partial charge in [-0.25, -0.2) is 0 Å². The molecule has 0 aliphatic heterocycles. The first-order chi connectivity index (χ1) is 3.91. The molecular formula is C6H12N2. The van der Waals surface area contributed by atoms with Crippen LogP contribution in [-0.4, -0.2) is 13.2 Å². The lowest BCUT2D eigenvalue weighted by molar-refractivity contribution is 0.648. The second-order valence-electron chi connectivity index (χ2n) is 1.50. The summed E-state index contributed by atoms with van der Waals surface area (Å²) in [4.78, 5) is 0. The maximum Gasteiger partial charge on any atom is 0.0729 e. The number of nitrogens with one attached hydrogen (secondary N) is 2. The fraction of sp³-hybridized carbons (Fsp3) is 0.667. The van der Waals surface area contributed by atoms with Gasteiger partial charge in [0.15, 0.2) is 0 Å². The van der Waals surface area contributed by atoms with Crippen LogP contribution in [0.1, 0.15) is 13.3 Å². The first kappa shape index (κ1) is 7.32. The molecule has 0 fully saturated rings. The molecule has 0 bridgehead atoms. The Bertz CT molecular complexity index is 73.1. The second-order valence-corrected chi connectivity index (χ2v) is 1.50. The minimum atomic E-state index is 0.713. The van der Waals surface area contributed by atoms with Crippen LogP contribution in [0.3, 0.4) is 0 Å². The second kappa shape index (κ2) is 6.32. The normalized spacial score (nSPS) is 8.00. The largest absolute Gasteiger partial charge is 0.333 e. The zero-order valence-electron chi connectivity index (χ0n) is 5.20. The molecule has 0 aliphatic carbocycles. The van der Waals surface area contributed by atoms with Crippen LogP contribution in [0.5, 0.6) is 0 Å². The van der Waals surface area contributed by atoms with E-state index in [1.54, 1.807) is 0 Å². The van der Waals surface area contributed by atoms with E-state index in [2.05, 4.69) is 23.6 Å². The first-order valence-electron chi connectivity index (χ1n) is 2.81. The maximum absolute atomic E-state index is 4.91. The Labute approximate surface area is 50.7 Å². The fourth-order valence-electron chi connectivity index (χ4n) is 0.379. The van der Waals surface area contributed by atoms with Gasteiger partial charge in [0.1, 0.15) is 0 Å². The molecule has 2 heteroatoms. The summed E-state index contributed by atoms with van der Waals surface area (Å²) in [5, 5.41) is 5.78. The van der Waals surface area contributed by atoms with E-state index in [9.17, 15) is 0 Å². The summed E-state index contributed by atoms with van der Waals surface area (Å²) in [6.07, 6.45) is 6.05. The number of terminal acetylenes is 1. The van der Waals surface area contributed by atoms with Gasteiger partial charge in [-0.3, -0.25) is 5.32 Å². The van der Waals surface area contributed by atoms with E-state index in [1.165, 1.54) is 0 Å². The van der Waals surface area contributed by atoms with Crippen LogP contribution in [0.2, 0.25) is 0 Å². The zero-order valence-corrected chi connectivity index (χ0v) is 5.20. The Hall–Kier alpha value is -0.680. The smallest absolute Gasteiger partial charge is 0.0729 e. The van der Waals surface area contributed by atoms with Gasteiger partial charge < -0.3 is 5.32 Å². The van der Waals surface area contributed by atoms with Crippen LogP contribution in [0.4, 0.5) is 0 Å². The maximum atomic E-state index is 4.91. The molecule has 46 valence electrons. The van der Waals surface area contributed by atoms with Crippen LogP contribution in [0.15, 0.2) is 0 Å². The van der Waals surface area contributed by atoms with Gasteiger partial charge in [-0.1, -0.05) is 13.3 Å². The minimum Gasteiger partial charge on any atom is -0.333 e. The van der Waals surface area contributed by atoms with Crippen molar-refractivity contribution in [2.75, 3.05) is 13.2 Å². The molecule has 0 aliphatic rings. The third kappa shape index (κ3) is 5.32. The monoisotopic (exact) mass is 112 g/mol. The van der Waals surface area contributed by atoms with Crippen molar-refractivity contribution < 1.29 is 0 Å². The summed E-state index contributed by atoms with van der Waals surface area (Å²) in [5.41, 5.74) is 0. The van der Waals surface area contributed by atoms with Crippen molar-refractivity contribution >= 4 is 0 Å². The van der Waals surface area contributed by atoms with Crippen LogP contribution < -0.4 is 10.6 Å². The molecule has 2 nitrogen and oxygen atoms in total. The Balaban J connectivity index is 2.65. The molecule has 0 aromatic heterocycles. The third-order valence-electron chi connectivity index (χ3n) is 0.742. The highest BCUT2D eigenvalue weighted by Gasteiger charge is 1.76. The van der Waals surface area contributed by atoms with Crippen LogP contribution in [-0.2, 0) is 0 Å². The third-order valence-corrected chi connectivity index (χ3v) is 0.742. The summed E-state index contributed by atoms with van der Waals surface area (Å²) in [6.45, 7) is 3.85. The van der Waals surface area contributed by atoms with Crippen molar-refractivity contribution in [1.29, 1.82) is 0 Å². The Kier molecular flexibility index (Phi) is 5.78. The van der Waals surface area contributed by atoms with Gasteiger partial charge in [-0.2, -0.15) is 0 Å². The van der Waals surface area contributed by atoms with E-state index >= 15 is 0 Å². The molecule has 0 saturated heterocycles. The van der Waals surface area contributed by atoms with Gasteiger partial charge in [-0.05, 0) is 13.0 Å². The SMILES string of the molecule is C#CNCNCCC. The molecular weight excluding hydrogens is 100 g/mol. The zero-order chi connectivity index (χ0) is 6.24. The predicted molar refractivity (Wildman–Crippen MR) is 35.1 cm³/mol. The van der Waals surface area contributed by atoms with Gasteiger partial charge in [0, 0.05) is 6.04 Å². The van der Waals surface area contributed by atoms with Gasteiger partial charge in [0.2, 0.25) is 0 Å². The molecule has 0 unspecified atom stereocenters. The van der Waals surface area contributed by atoms with Gasteiger partial charge in [0.05, 0.1) is 6.67 Å². The van der Waals surface area contributed by atoms with Crippen molar-refractivity contribution in [3.63, 3.8) is 0 Å². The van der Waals surface area contributed by atoms with E-state index in [1.807, 2.05) is 0 Å². The number of hydrogen-bond acceptors (Lipinski definition) is 2. The minimum absolute atomic E-state index is 0.713. The molecule has 0 aromatic carbocycles. The average molecular weight is 112 g/mol. The highest BCUT2D eigenvalue weighted by molar-refractivity contribution is 4.78. The molecule has 0 amide bonds. The Morgan fingerprint density at radius 1 is 1.62 bits per heavy atom. The van der Waals surface area contributed by atoms with E-state index in [4.69, 9.17) is 6.42 Å². The molecule has 2 N–H and O–H groups in total. The molecule has 8 heavy (non-hydrogen) atoms. The first-order valence-corrected chi connectivity index (χ1v) is 2.81. The standard InChI is InChI=1S/C6H12N2/c1-3-5-8-6-7-4-2/h2,7-8H,3,5-6H2,1H3. The lowest BCUT2D eigenvalue weighted by Gasteiger charge is -1.98. The summed E-state index contributed by atoms with van der Waals surface area (Å²) in [7, 11) is 0. The quantitative estimate of drug-likeness (QED) is 0.234.